The second-order valence-corrected chi connectivity index (χ2v) is 25.0. The average Bonchev–Trinajstić information content (AvgIpc) is 0.766. The number of para-hydroxylation sites is 1. The van der Waals surface area contributed by atoms with Gasteiger partial charge in [-0.15, -0.1) is 0 Å². The number of hydrogen-bond acceptors (Lipinski definition) is 17. The van der Waals surface area contributed by atoms with Gasteiger partial charge < -0.3 is 34.4 Å². The van der Waals surface area contributed by atoms with Crippen molar-refractivity contribution in [3.8, 4) is 45.1 Å². The maximum Gasteiger partial charge on any atom is 0.316 e. The summed E-state index contributed by atoms with van der Waals surface area (Å²) in [5.41, 5.74) is 9.44. The van der Waals surface area contributed by atoms with Crippen molar-refractivity contribution < 1.29 is 4.74 Å². The Balaban J connectivity index is 0.000000155. The predicted molar refractivity (Wildman–Crippen MR) is 403 cm³/mol. The first kappa shape index (κ1) is 70.9. The van der Waals surface area contributed by atoms with E-state index in [0.717, 1.165) is 78.0 Å². The summed E-state index contributed by atoms with van der Waals surface area (Å²) >= 11 is 0. The number of aromatic nitrogens is 13. The largest absolute Gasteiger partial charge is 0.467 e. The Bertz CT molecular complexity index is 5790. The van der Waals surface area contributed by atoms with E-state index < -0.39 is 0 Å². The van der Waals surface area contributed by atoms with Crippen molar-refractivity contribution >= 4 is 66.8 Å². The standard InChI is InChI=1S/C28H22N6O.C26H26N6O2.C25H25N7O2/c1-18-14-20(12-13-30-18)24-11-7-8-21-15-23(16-32-27-25(29-3)17-31-19(2)33-27)34(28(35)26(21)24)22-9-5-4-6-10-22;1-15(2)32-22(16(3)29-25-21(27-5)13-28-17(4)30-25)12-18-8-7-9-20(24(18)26(32)34)19-10-11-23(33)31(6)14-19;1-14(2)32-21(15(3)30-23-20(26-5)13-27-16(4)31-23)10-17-8-7-9-19(22(17)24(32)33)18-11-28-25(34-6)29-12-18/h4-15,17H,16H2,1-2H3,(H,31,32,33);7-16H,1-4,6H3,(H,28,29,30);7-15H,1-4,6H3,(H,27,30,31)/t;16-;15-/m.00/s1. The molecule has 3 N–H and O–H groups in total. The van der Waals surface area contributed by atoms with Gasteiger partial charge in [-0.25, -0.2) is 39.5 Å². The third-order valence-electron chi connectivity index (χ3n) is 17.2. The van der Waals surface area contributed by atoms with Crippen LogP contribution in [-0.4, -0.2) is 70.2 Å². The minimum Gasteiger partial charge on any atom is -0.467 e. The van der Waals surface area contributed by atoms with Gasteiger partial charge in [0.2, 0.25) is 22.6 Å². The number of anilines is 3. The monoisotopic (exact) mass is 1370 g/mol. The van der Waals surface area contributed by atoms with Crippen LogP contribution in [0.5, 0.6) is 6.01 Å². The van der Waals surface area contributed by atoms with Crippen molar-refractivity contribution in [1.82, 2.24) is 63.1 Å². The van der Waals surface area contributed by atoms with E-state index in [1.54, 1.807) is 72.4 Å². The van der Waals surface area contributed by atoms with Gasteiger partial charge in [-0.3, -0.25) is 43.7 Å². The summed E-state index contributed by atoms with van der Waals surface area (Å²) in [6, 6.07) is 39.6. The molecule has 13 rings (SSSR count). The highest BCUT2D eigenvalue weighted by Gasteiger charge is 2.24. The number of nitrogens with zero attached hydrogens (tertiary/aromatic N) is 16. The normalized spacial score (nSPS) is 11.6. The Morgan fingerprint density at radius 2 is 0.951 bits per heavy atom. The van der Waals surface area contributed by atoms with Gasteiger partial charge in [0, 0.05) is 103 Å². The number of benzene rings is 4. The second kappa shape index (κ2) is 30.8. The first-order chi connectivity index (χ1) is 49.6. The molecule has 0 aliphatic heterocycles. The molecule has 13 aromatic rings. The van der Waals surface area contributed by atoms with Crippen LogP contribution >= 0.6 is 0 Å². The van der Waals surface area contributed by atoms with Crippen molar-refractivity contribution in [2.45, 2.75) is 99.9 Å². The quantitative estimate of drug-likeness (QED) is 0.0759. The minimum absolute atomic E-state index is 0.0937. The zero-order valence-corrected chi connectivity index (χ0v) is 58.9. The zero-order valence-electron chi connectivity index (χ0n) is 58.9. The molecule has 9 aromatic heterocycles. The van der Waals surface area contributed by atoms with E-state index >= 15 is 0 Å². The van der Waals surface area contributed by atoms with Gasteiger partial charge in [-0.2, -0.15) is 0 Å². The molecule has 9 heterocycles. The summed E-state index contributed by atoms with van der Waals surface area (Å²) < 4.78 is 11.8. The average molecular weight is 1370 g/mol. The van der Waals surface area contributed by atoms with E-state index in [-0.39, 0.29) is 52.4 Å². The van der Waals surface area contributed by atoms with E-state index in [4.69, 9.17) is 24.5 Å². The molecule has 0 saturated heterocycles. The molecule has 4 aromatic carbocycles. The molecule has 514 valence electrons. The van der Waals surface area contributed by atoms with Gasteiger partial charge in [0.05, 0.1) is 61.6 Å². The van der Waals surface area contributed by atoms with E-state index in [1.165, 1.54) is 36.3 Å². The Kier molecular flexibility index (Phi) is 21.2. The van der Waals surface area contributed by atoms with Crippen LogP contribution in [0.15, 0.2) is 190 Å². The Labute approximate surface area is 593 Å². The third kappa shape index (κ3) is 15.1. The molecule has 0 spiro atoms. The van der Waals surface area contributed by atoms with Crippen LogP contribution in [0.4, 0.5) is 34.5 Å². The number of methoxy groups -OCH3 is 1. The lowest BCUT2D eigenvalue weighted by Gasteiger charge is -2.24. The van der Waals surface area contributed by atoms with Crippen LogP contribution in [-0.2, 0) is 13.6 Å². The number of nitrogens with one attached hydrogen (secondary N) is 3. The fourth-order valence-corrected chi connectivity index (χ4v) is 12.4. The molecule has 24 heteroatoms. The maximum atomic E-state index is 14.1. The highest BCUT2D eigenvalue weighted by Crippen LogP contribution is 2.35. The van der Waals surface area contributed by atoms with E-state index in [2.05, 4.69) is 75.3 Å². The fourth-order valence-electron chi connectivity index (χ4n) is 12.4. The molecule has 0 fully saturated rings. The lowest BCUT2D eigenvalue weighted by Crippen LogP contribution is -2.28. The molecule has 103 heavy (non-hydrogen) atoms. The molecule has 0 aliphatic carbocycles. The first-order valence-electron chi connectivity index (χ1n) is 33.1. The first-order valence-corrected chi connectivity index (χ1v) is 33.1. The van der Waals surface area contributed by atoms with Gasteiger partial charge >= 0.3 is 6.01 Å². The zero-order chi connectivity index (χ0) is 73.3. The summed E-state index contributed by atoms with van der Waals surface area (Å²) in [5.74, 6) is 3.02. The van der Waals surface area contributed by atoms with Crippen molar-refractivity contribution in [2.75, 3.05) is 23.1 Å². The Hall–Kier alpha value is -13.4. The molecule has 0 unspecified atom stereocenters. The lowest BCUT2D eigenvalue weighted by atomic mass is 9.98. The van der Waals surface area contributed by atoms with E-state index in [0.29, 0.717) is 74.7 Å². The number of fused-ring (bicyclic) bond motifs is 3. The third-order valence-corrected chi connectivity index (χ3v) is 17.2. The van der Waals surface area contributed by atoms with Gasteiger partial charge in [0.15, 0.2) is 0 Å². The molecule has 24 nitrogen and oxygen atoms in total. The van der Waals surface area contributed by atoms with Crippen LogP contribution in [0.1, 0.15) is 106 Å². The maximum absolute atomic E-state index is 14.1. The van der Waals surface area contributed by atoms with Crippen LogP contribution in [0.25, 0.3) is 85.9 Å². The van der Waals surface area contributed by atoms with Crippen molar-refractivity contribution in [2.24, 2.45) is 7.05 Å². The van der Waals surface area contributed by atoms with Gasteiger partial charge in [0.25, 0.3) is 16.7 Å². The molecular weight excluding hydrogens is 1290 g/mol. The number of aryl methyl sites for hydroxylation is 5. The number of ether oxygens (including phenoxy) is 1. The number of rotatable bonds is 16. The van der Waals surface area contributed by atoms with Crippen molar-refractivity contribution in [1.29, 1.82) is 0 Å². The molecule has 0 amide bonds. The Morgan fingerprint density at radius 1 is 0.485 bits per heavy atom. The highest BCUT2D eigenvalue weighted by atomic mass is 16.5. The minimum atomic E-state index is -0.296. The smallest absolute Gasteiger partial charge is 0.316 e. The molecule has 0 radical (unpaired) electrons. The number of pyridine rings is 5. The van der Waals surface area contributed by atoms with Crippen molar-refractivity contribution in [3.63, 3.8) is 0 Å². The van der Waals surface area contributed by atoms with Gasteiger partial charge in [-0.1, -0.05) is 72.8 Å². The van der Waals surface area contributed by atoms with E-state index in [1.807, 2.05) is 164 Å². The van der Waals surface area contributed by atoms with Gasteiger partial charge in [0.1, 0.15) is 34.9 Å². The SMILES string of the molecule is [C-]#[N+]c1cnc(C)nc1NCc1cc2cccc(-c3ccnc(C)c3)c2c(=O)n1-c1ccccc1.[C-]#[N+]c1cnc(C)nc1N[C@@H](C)c1cc2cccc(-c3ccc(=O)n(C)c3)c2c(=O)n1C(C)C.[C-]#[N+]c1cnc(C)nc1N[C@@H](C)c1cc2cccc(-c3cnc(OC)nc3)c2c(=O)n1C(C)C. The second-order valence-electron chi connectivity index (χ2n) is 25.0. The summed E-state index contributed by atoms with van der Waals surface area (Å²) in [4.78, 5) is 102. The summed E-state index contributed by atoms with van der Waals surface area (Å²) in [5, 5.41) is 14.2. The molecule has 0 aliphatic rings. The lowest BCUT2D eigenvalue weighted by molar-refractivity contribution is 0.380. The van der Waals surface area contributed by atoms with Crippen LogP contribution in [0.3, 0.4) is 0 Å². The number of hydrogen-bond donors (Lipinski definition) is 3. The molecular formula is C79H73N19O5. The topological polar surface area (TPSA) is 262 Å². The van der Waals surface area contributed by atoms with Crippen molar-refractivity contribution in [3.05, 3.63) is 287 Å². The molecule has 0 saturated carbocycles. The van der Waals surface area contributed by atoms with E-state index in [9.17, 15) is 19.2 Å². The summed E-state index contributed by atoms with van der Waals surface area (Å²) in [6.07, 6.45) is 11.3. The van der Waals surface area contributed by atoms with Crippen LogP contribution in [0.2, 0.25) is 0 Å². The van der Waals surface area contributed by atoms with Crippen LogP contribution < -0.4 is 42.9 Å². The molecule has 2 atom stereocenters. The van der Waals surface area contributed by atoms with Gasteiger partial charge in [-0.05, 0) is 162 Å². The predicted octanol–water partition coefficient (Wildman–Crippen LogP) is 15.3. The fraction of sp³-hybridized carbons (Fsp3) is 0.215. The highest BCUT2D eigenvalue weighted by molar-refractivity contribution is 5.98. The molecule has 0 bridgehead atoms. The summed E-state index contributed by atoms with van der Waals surface area (Å²) in [6.45, 7) is 41.6. The summed E-state index contributed by atoms with van der Waals surface area (Å²) in [7, 11) is 3.20. The van der Waals surface area contributed by atoms with Crippen LogP contribution in [0, 0.1) is 47.4 Å². The Morgan fingerprint density at radius 3 is 1.43 bits per heavy atom.